The molecule has 0 bridgehead atoms. The smallest absolute Gasteiger partial charge is 0.223 e. The van der Waals surface area contributed by atoms with Crippen LogP contribution in [0.1, 0.15) is 25.3 Å². The molecule has 1 fully saturated rings. The summed E-state index contributed by atoms with van der Waals surface area (Å²) in [5, 5.41) is 0. The minimum absolute atomic E-state index is 0.00120. The Morgan fingerprint density at radius 2 is 2.00 bits per heavy atom. The fourth-order valence-corrected chi connectivity index (χ4v) is 2.68. The van der Waals surface area contributed by atoms with Gasteiger partial charge in [0, 0.05) is 58.4 Å². The van der Waals surface area contributed by atoms with Gasteiger partial charge >= 0.3 is 0 Å². The van der Waals surface area contributed by atoms with Crippen LogP contribution in [0.3, 0.4) is 0 Å². The first-order valence-electron chi connectivity index (χ1n) is 8.78. The Morgan fingerprint density at radius 3 is 2.62 bits per heavy atom. The number of hydrogen-bond donors (Lipinski definition) is 0. The zero-order valence-corrected chi connectivity index (χ0v) is 15.8. The van der Waals surface area contributed by atoms with Crippen molar-refractivity contribution in [2.24, 2.45) is 0 Å². The highest BCUT2D eigenvalue weighted by Gasteiger charge is 2.29. The number of methoxy groups -OCH3 is 1. The van der Waals surface area contributed by atoms with Crippen molar-refractivity contribution in [3.8, 4) is 11.8 Å². The van der Waals surface area contributed by atoms with E-state index in [1.54, 1.807) is 19.1 Å². The Balaban J connectivity index is 1.75. The van der Waals surface area contributed by atoms with Gasteiger partial charge in [0.15, 0.2) is 0 Å². The van der Waals surface area contributed by atoms with Gasteiger partial charge in [-0.05, 0) is 24.3 Å². The summed E-state index contributed by atoms with van der Waals surface area (Å²) in [6.07, 6.45) is 5.80. The van der Waals surface area contributed by atoms with E-state index in [9.17, 15) is 4.79 Å². The van der Waals surface area contributed by atoms with Crippen LogP contribution in [0, 0.1) is 11.8 Å². The first-order chi connectivity index (χ1) is 12.6. The fourth-order valence-electron chi connectivity index (χ4n) is 2.68. The van der Waals surface area contributed by atoms with E-state index in [-0.39, 0.29) is 11.5 Å². The molecule has 0 aliphatic carbocycles. The fraction of sp³-hybridized carbons (Fsp3) is 0.476. The van der Waals surface area contributed by atoms with E-state index >= 15 is 0 Å². The summed E-state index contributed by atoms with van der Waals surface area (Å²) in [5.41, 5.74) is 1.53. The molecule has 1 aromatic rings. The molecule has 140 valence electrons. The molecule has 0 N–H and O–H groups in total. The molecule has 0 saturated carbocycles. The van der Waals surface area contributed by atoms with Crippen molar-refractivity contribution in [3.05, 3.63) is 42.0 Å². The number of benzene rings is 1. The van der Waals surface area contributed by atoms with Crippen molar-refractivity contribution in [3.63, 3.8) is 0 Å². The maximum Gasteiger partial charge on any atom is 0.223 e. The van der Waals surface area contributed by atoms with Crippen molar-refractivity contribution in [1.29, 1.82) is 0 Å². The minimum atomic E-state index is -0.220. The number of nitrogens with zero attached hydrogens (tertiary/aromatic N) is 1. The van der Waals surface area contributed by atoms with Gasteiger partial charge in [-0.15, -0.1) is 0 Å². The Labute approximate surface area is 155 Å². The summed E-state index contributed by atoms with van der Waals surface area (Å²) in [7, 11) is 3.49. The van der Waals surface area contributed by atoms with Crippen LogP contribution in [0.4, 0.5) is 5.69 Å². The zero-order chi connectivity index (χ0) is 18.8. The maximum absolute atomic E-state index is 11.3. The molecule has 0 aromatic heterocycles. The van der Waals surface area contributed by atoms with Gasteiger partial charge in [0.25, 0.3) is 0 Å². The van der Waals surface area contributed by atoms with Crippen LogP contribution in [-0.2, 0) is 19.0 Å². The van der Waals surface area contributed by atoms with Gasteiger partial charge in [0.1, 0.15) is 6.61 Å². The van der Waals surface area contributed by atoms with Crippen LogP contribution in [-0.4, -0.2) is 52.1 Å². The van der Waals surface area contributed by atoms with Crippen LogP contribution in [0.2, 0.25) is 0 Å². The first kappa shape index (κ1) is 20.2. The lowest BCUT2D eigenvalue weighted by Crippen LogP contribution is -2.36. The largest absolute Gasteiger partial charge is 0.381 e. The van der Waals surface area contributed by atoms with E-state index in [4.69, 9.17) is 14.2 Å². The summed E-state index contributed by atoms with van der Waals surface area (Å²) < 4.78 is 16.5. The lowest BCUT2D eigenvalue weighted by molar-refractivity contribution is -0.116. The second kappa shape index (κ2) is 10.1. The molecular weight excluding hydrogens is 330 g/mol. The van der Waals surface area contributed by atoms with Gasteiger partial charge in [-0.25, -0.2) is 0 Å². The summed E-state index contributed by atoms with van der Waals surface area (Å²) >= 11 is 0. The normalized spacial score (nSPS) is 16.1. The second-order valence-electron chi connectivity index (χ2n) is 6.23. The highest BCUT2D eigenvalue weighted by atomic mass is 16.5. The van der Waals surface area contributed by atoms with E-state index in [0.717, 1.165) is 37.3 Å². The lowest BCUT2D eigenvalue weighted by atomic mass is 9.93. The van der Waals surface area contributed by atoms with Crippen LogP contribution in [0.5, 0.6) is 0 Å². The number of carbonyl (C=O) groups is 1. The molecule has 1 saturated heterocycles. The number of ether oxygens (including phenoxy) is 3. The zero-order valence-electron chi connectivity index (χ0n) is 15.8. The molecule has 1 heterocycles. The molecule has 5 heteroatoms. The van der Waals surface area contributed by atoms with E-state index in [1.165, 1.54) is 6.92 Å². The summed E-state index contributed by atoms with van der Waals surface area (Å²) in [5.74, 6) is 6.05. The molecule has 5 nitrogen and oxygen atoms in total. The molecule has 0 atom stereocenters. The average molecular weight is 357 g/mol. The van der Waals surface area contributed by atoms with Crippen LogP contribution in [0.25, 0.3) is 0 Å². The third kappa shape index (κ3) is 5.99. The van der Waals surface area contributed by atoms with Crippen LogP contribution >= 0.6 is 0 Å². The molecule has 1 aliphatic heterocycles. The minimum Gasteiger partial charge on any atom is -0.381 e. The van der Waals surface area contributed by atoms with Gasteiger partial charge < -0.3 is 19.1 Å². The molecule has 26 heavy (non-hydrogen) atoms. The monoisotopic (exact) mass is 357 g/mol. The van der Waals surface area contributed by atoms with Crippen molar-refractivity contribution >= 4 is 11.6 Å². The number of carbonyl (C=O) groups excluding carboxylic acids is 1. The third-order valence-electron chi connectivity index (χ3n) is 4.52. The Morgan fingerprint density at radius 1 is 1.31 bits per heavy atom. The highest BCUT2D eigenvalue weighted by molar-refractivity contribution is 5.90. The topological polar surface area (TPSA) is 48.0 Å². The summed E-state index contributed by atoms with van der Waals surface area (Å²) in [6.45, 7) is 3.86. The standard InChI is InChI=1S/C21H27NO4/c1-18(23)22(2)20-9-7-19(8-10-20)6-4-14-25-15-5-11-21(24-3)12-16-26-17-13-21/h5,7-11H,12-17H2,1-3H3. The van der Waals surface area contributed by atoms with Crippen molar-refractivity contribution in [1.82, 2.24) is 0 Å². The Hall–Kier alpha value is -2.13. The Kier molecular flexibility index (Phi) is 7.86. The average Bonchev–Trinajstić information content (AvgIpc) is 2.68. The molecular formula is C21H27NO4. The van der Waals surface area contributed by atoms with E-state index < -0.39 is 0 Å². The SMILES string of the molecule is COC1(C=CCOCC#Cc2ccc(N(C)C(C)=O)cc2)CCOCC1. The molecule has 1 aromatic carbocycles. The number of hydrogen-bond acceptors (Lipinski definition) is 4. The first-order valence-corrected chi connectivity index (χ1v) is 8.78. The quantitative estimate of drug-likeness (QED) is 0.446. The van der Waals surface area contributed by atoms with Gasteiger partial charge in [-0.3, -0.25) is 4.79 Å². The third-order valence-corrected chi connectivity index (χ3v) is 4.52. The lowest BCUT2D eigenvalue weighted by Gasteiger charge is -2.33. The van der Waals surface area contributed by atoms with Crippen LogP contribution in [0.15, 0.2) is 36.4 Å². The molecule has 0 spiro atoms. The van der Waals surface area contributed by atoms with E-state index in [2.05, 4.69) is 17.9 Å². The van der Waals surface area contributed by atoms with E-state index in [0.29, 0.717) is 13.2 Å². The Bertz CT molecular complexity index is 663. The van der Waals surface area contributed by atoms with Crippen LogP contribution < -0.4 is 4.90 Å². The van der Waals surface area contributed by atoms with Gasteiger partial charge in [0.05, 0.1) is 12.2 Å². The molecule has 1 amide bonds. The number of amides is 1. The number of rotatable bonds is 6. The predicted molar refractivity (Wildman–Crippen MR) is 102 cm³/mol. The maximum atomic E-state index is 11.3. The second-order valence-corrected chi connectivity index (χ2v) is 6.23. The summed E-state index contributed by atoms with van der Waals surface area (Å²) in [4.78, 5) is 12.9. The predicted octanol–water partition coefficient (Wildman–Crippen LogP) is 2.79. The highest BCUT2D eigenvalue weighted by Crippen LogP contribution is 2.25. The van der Waals surface area contributed by atoms with Crippen molar-refractivity contribution in [2.45, 2.75) is 25.4 Å². The van der Waals surface area contributed by atoms with Gasteiger partial charge in [-0.2, -0.15) is 0 Å². The summed E-state index contributed by atoms with van der Waals surface area (Å²) in [6, 6.07) is 7.56. The molecule has 1 aliphatic rings. The van der Waals surface area contributed by atoms with Crippen molar-refractivity contribution < 1.29 is 19.0 Å². The van der Waals surface area contributed by atoms with Gasteiger partial charge in [0.2, 0.25) is 5.91 Å². The van der Waals surface area contributed by atoms with Gasteiger partial charge in [-0.1, -0.05) is 24.0 Å². The molecule has 0 radical (unpaired) electrons. The molecule has 2 rings (SSSR count). The van der Waals surface area contributed by atoms with E-state index in [1.807, 2.05) is 30.3 Å². The number of anilines is 1. The molecule has 0 unspecified atom stereocenters. The van der Waals surface area contributed by atoms with Crippen molar-refractivity contribution in [2.75, 3.05) is 45.5 Å².